The summed E-state index contributed by atoms with van der Waals surface area (Å²) in [4.78, 5) is 12.2. The molecule has 3 rings (SSSR count). The van der Waals surface area contributed by atoms with E-state index in [1.807, 2.05) is 0 Å². The molecule has 1 aliphatic rings. The molecule has 1 aliphatic heterocycles. The predicted molar refractivity (Wildman–Crippen MR) is 63.5 cm³/mol. The van der Waals surface area contributed by atoms with Crippen LogP contribution in [0.1, 0.15) is 6.23 Å². The molecule has 2 aromatic rings. The smallest absolute Gasteiger partial charge is 0.263 e. The first-order chi connectivity index (χ1) is 9.13. The number of furan rings is 1. The van der Waals surface area contributed by atoms with E-state index < -0.39 is 31.1 Å². The van der Waals surface area contributed by atoms with E-state index in [2.05, 4.69) is 0 Å². The van der Waals surface area contributed by atoms with E-state index in [0.717, 1.165) is 0 Å². The second-order valence-corrected chi connectivity index (χ2v) is 4.46. The van der Waals surface area contributed by atoms with E-state index in [1.54, 1.807) is 6.07 Å². The van der Waals surface area contributed by atoms with Crippen LogP contribution in [-0.2, 0) is 4.74 Å². The summed E-state index contributed by atoms with van der Waals surface area (Å²) >= 11 is 0. The minimum Gasteiger partial charge on any atom is -0.464 e. The molecule has 0 bridgehead atoms. The van der Waals surface area contributed by atoms with Gasteiger partial charge < -0.3 is 24.5 Å². The standard InChI is InChI=1S/C12H13NO6/c14-5-8-9(15)10(16)12(19-8)13-3-1-7-6(11(13)17)2-4-18-7/h1-4,8-10,12,14-16H,5H2/t8-,9-,10-,12-/m1/s1. The number of aromatic nitrogens is 1. The lowest BCUT2D eigenvalue weighted by atomic mass is 10.1. The fourth-order valence-electron chi connectivity index (χ4n) is 2.29. The average molecular weight is 267 g/mol. The molecule has 4 atom stereocenters. The van der Waals surface area contributed by atoms with Gasteiger partial charge in [-0.15, -0.1) is 0 Å². The molecule has 1 saturated heterocycles. The Morgan fingerprint density at radius 2 is 2.05 bits per heavy atom. The summed E-state index contributed by atoms with van der Waals surface area (Å²) in [7, 11) is 0. The van der Waals surface area contributed by atoms with Gasteiger partial charge in [0.25, 0.3) is 5.56 Å². The molecular formula is C12H13NO6. The molecule has 0 unspecified atom stereocenters. The van der Waals surface area contributed by atoms with Crippen LogP contribution >= 0.6 is 0 Å². The molecule has 1 fully saturated rings. The number of fused-ring (bicyclic) bond motifs is 1. The van der Waals surface area contributed by atoms with Crippen molar-refractivity contribution in [2.45, 2.75) is 24.5 Å². The number of ether oxygens (including phenoxy) is 1. The van der Waals surface area contributed by atoms with E-state index in [1.165, 1.54) is 23.1 Å². The van der Waals surface area contributed by atoms with Crippen molar-refractivity contribution >= 4 is 11.0 Å². The summed E-state index contributed by atoms with van der Waals surface area (Å²) in [6.45, 7) is -0.433. The third-order valence-electron chi connectivity index (χ3n) is 3.34. The Labute approximate surface area is 107 Å². The van der Waals surface area contributed by atoms with Gasteiger partial charge in [-0.25, -0.2) is 0 Å². The van der Waals surface area contributed by atoms with E-state index >= 15 is 0 Å². The van der Waals surface area contributed by atoms with Crippen molar-refractivity contribution in [2.75, 3.05) is 6.61 Å². The van der Waals surface area contributed by atoms with Crippen LogP contribution in [0.2, 0.25) is 0 Å². The summed E-state index contributed by atoms with van der Waals surface area (Å²) < 4.78 is 11.6. The zero-order valence-electron chi connectivity index (χ0n) is 9.84. The molecule has 0 saturated carbocycles. The molecule has 19 heavy (non-hydrogen) atoms. The fourth-order valence-corrected chi connectivity index (χ4v) is 2.29. The predicted octanol–water partition coefficient (Wildman–Crippen LogP) is -0.794. The third-order valence-corrected chi connectivity index (χ3v) is 3.34. The number of hydrogen-bond donors (Lipinski definition) is 3. The molecule has 0 aliphatic carbocycles. The Balaban J connectivity index is 2.05. The van der Waals surface area contributed by atoms with Gasteiger partial charge in [0.15, 0.2) is 6.23 Å². The maximum absolute atomic E-state index is 12.2. The normalized spacial score (nSPS) is 31.1. The lowest BCUT2D eigenvalue weighted by Gasteiger charge is -2.17. The summed E-state index contributed by atoms with van der Waals surface area (Å²) in [6.07, 6.45) is -1.63. The SMILES string of the molecule is O=c1c2ccoc2ccn1[C@@H]1O[C@H](CO)[C@@H](O)[C@H]1O. The topological polar surface area (TPSA) is 105 Å². The number of hydrogen-bond acceptors (Lipinski definition) is 6. The van der Waals surface area contributed by atoms with Crippen molar-refractivity contribution in [2.24, 2.45) is 0 Å². The van der Waals surface area contributed by atoms with E-state index in [0.29, 0.717) is 11.0 Å². The van der Waals surface area contributed by atoms with Crippen LogP contribution in [-0.4, -0.2) is 44.8 Å². The summed E-state index contributed by atoms with van der Waals surface area (Å²) in [6, 6.07) is 3.10. The van der Waals surface area contributed by atoms with Crippen LogP contribution < -0.4 is 5.56 Å². The zero-order chi connectivity index (χ0) is 13.6. The fraction of sp³-hybridized carbons (Fsp3) is 0.417. The van der Waals surface area contributed by atoms with Crippen molar-refractivity contribution < 1.29 is 24.5 Å². The lowest BCUT2D eigenvalue weighted by molar-refractivity contribution is -0.0541. The molecule has 7 nitrogen and oxygen atoms in total. The maximum Gasteiger partial charge on any atom is 0.263 e. The summed E-state index contributed by atoms with van der Waals surface area (Å²) in [5.74, 6) is 0. The molecule has 0 aromatic carbocycles. The van der Waals surface area contributed by atoms with E-state index in [9.17, 15) is 15.0 Å². The highest BCUT2D eigenvalue weighted by atomic mass is 16.6. The summed E-state index contributed by atoms with van der Waals surface area (Å²) in [5, 5.41) is 29.0. The Morgan fingerprint density at radius 3 is 2.74 bits per heavy atom. The quantitative estimate of drug-likeness (QED) is 0.658. The van der Waals surface area contributed by atoms with Crippen molar-refractivity contribution in [3.05, 3.63) is 34.9 Å². The van der Waals surface area contributed by atoms with Crippen molar-refractivity contribution in [1.82, 2.24) is 4.57 Å². The third kappa shape index (κ3) is 1.79. The Hall–Kier alpha value is -1.67. The maximum atomic E-state index is 12.2. The molecule has 7 heteroatoms. The van der Waals surface area contributed by atoms with Crippen LogP contribution in [0.4, 0.5) is 0 Å². The second-order valence-electron chi connectivity index (χ2n) is 4.46. The number of nitrogens with zero attached hydrogens (tertiary/aromatic N) is 1. The molecule has 3 heterocycles. The molecule has 2 aromatic heterocycles. The zero-order valence-corrected chi connectivity index (χ0v) is 9.84. The van der Waals surface area contributed by atoms with Crippen LogP contribution in [0.3, 0.4) is 0 Å². The van der Waals surface area contributed by atoms with Gasteiger partial charge >= 0.3 is 0 Å². The van der Waals surface area contributed by atoms with Crippen molar-refractivity contribution in [3.8, 4) is 0 Å². The van der Waals surface area contributed by atoms with Gasteiger partial charge in [0.2, 0.25) is 0 Å². The minimum atomic E-state index is -1.28. The van der Waals surface area contributed by atoms with Crippen LogP contribution in [0.25, 0.3) is 11.0 Å². The first-order valence-electron chi connectivity index (χ1n) is 5.84. The lowest BCUT2D eigenvalue weighted by Crippen LogP contribution is -2.35. The summed E-state index contributed by atoms with van der Waals surface area (Å²) in [5.41, 5.74) is 0.0501. The number of pyridine rings is 1. The molecule has 0 amide bonds. The molecule has 0 spiro atoms. The van der Waals surface area contributed by atoms with Crippen LogP contribution in [0, 0.1) is 0 Å². The molecular weight excluding hydrogens is 254 g/mol. The van der Waals surface area contributed by atoms with Crippen LogP contribution in [0.15, 0.2) is 33.8 Å². The Bertz CT molecular complexity index is 647. The van der Waals surface area contributed by atoms with Gasteiger partial charge in [0, 0.05) is 6.20 Å². The largest absolute Gasteiger partial charge is 0.464 e. The van der Waals surface area contributed by atoms with Gasteiger partial charge in [0.05, 0.1) is 18.3 Å². The van der Waals surface area contributed by atoms with Gasteiger partial charge in [-0.2, -0.15) is 0 Å². The van der Waals surface area contributed by atoms with E-state index in [-0.39, 0.29) is 5.56 Å². The van der Waals surface area contributed by atoms with Gasteiger partial charge in [-0.3, -0.25) is 9.36 Å². The average Bonchev–Trinajstić information content (AvgIpc) is 2.98. The Morgan fingerprint density at radius 1 is 1.26 bits per heavy atom. The van der Waals surface area contributed by atoms with Crippen molar-refractivity contribution in [1.29, 1.82) is 0 Å². The first kappa shape index (κ1) is 12.4. The van der Waals surface area contributed by atoms with Crippen LogP contribution in [0.5, 0.6) is 0 Å². The molecule has 102 valence electrons. The molecule has 3 N–H and O–H groups in total. The van der Waals surface area contributed by atoms with E-state index in [4.69, 9.17) is 14.3 Å². The Kier molecular flexibility index (Phi) is 2.90. The number of rotatable bonds is 2. The monoisotopic (exact) mass is 267 g/mol. The highest BCUT2D eigenvalue weighted by Crippen LogP contribution is 2.28. The highest BCUT2D eigenvalue weighted by Gasteiger charge is 2.43. The second kappa shape index (κ2) is 4.46. The van der Waals surface area contributed by atoms with Gasteiger partial charge in [0.1, 0.15) is 23.9 Å². The minimum absolute atomic E-state index is 0.361. The number of aliphatic hydroxyl groups is 3. The first-order valence-corrected chi connectivity index (χ1v) is 5.84. The van der Waals surface area contributed by atoms with Gasteiger partial charge in [-0.1, -0.05) is 0 Å². The number of aliphatic hydroxyl groups excluding tert-OH is 3. The molecule has 0 radical (unpaired) electrons. The highest BCUT2D eigenvalue weighted by molar-refractivity contribution is 5.75. The van der Waals surface area contributed by atoms with Crippen molar-refractivity contribution in [3.63, 3.8) is 0 Å². The van der Waals surface area contributed by atoms with Gasteiger partial charge in [-0.05, 0) is 12.1 Å².